The lowest BCUT2D eigenvalue weighted by Crippen LogP contribution is -2.27. The third kappa shape index (κ3) is 10.2. The van der Waals surface area contributed by atoms with E-state index in [9.17, 15) is 9.59 Å². The maximum absolute atomic E-state index is 11.6. The number of azo groups is 1. The Bertz CT molecular complexity index is 378. The van der Waals surface area contributed by atoms with Gasteiger partial charge in [-0.25, -0.2) is 9.59 Å². The Morgan fingerprint density at radius 1 is 1.00 bits per heavy atom. The number of carbonyl (C=O) groups excluding carboxylic acids is 2. The van der Waals surface area contributed by atoms with Crippen molar-refractivity contribution in [2.75, 3.05) is 6.61 Å². The van der Waals surface area contributed by atoms with Crippen LogP contribution in [0, 0.1) is 5.92 Å². The average Bonchev–Trinajstić information content (AvgIpc) is 2.50. The van der Waals surface area contributed by atoms with Gasteiger partial charge in [-0.2, -0.15) is 0 Å². The molecule has 0 aliphatic carbocycles. The molecule has 0 aliphatic heterocycles. The summed E-state index contributed by atoms with van der Waals surface area (Å²) in [5.74, 6) is 0.333. The van der Waals surface area contributed by atoms with Crippen molar-refractivity contribution >= 4 is 21.2 Å². The van der Waals surface area contributed by atoms with Crippen LogP contribution in [0.5, 0.6) is 0 Å². The van der Waals surface area contributed by atoms with Gasteiger partial charge in [0, 0.05) is 0 Å². The molecule has 6 nitrogen and oxygen atoms in total. The molecule has 7 heteroatoms. The Labute approximate surface area is 141 Å². The molecule has 0 saturated heterocycles. The van der Waals surface area contributed by atoms with Gasteiger partial charge >= 0.3 is 12.2 Å². The predicted molar refractivity (Wildman–Crippen MR) is 93.3 cm³/mol. The van der Waals surface area contributed by atoms with E-state index in [1.54, 1.807) is 0 Å². The summed E-state index contributed by atoms with van der Waals surface area (Å²) in [5.41, 5.74) is 0.620. The molecule has 0 aromatic carbocycles. The summed E-state index contributed by atoms with van der Waals surface area (Å²) in [4.78, 5) is 23.2. The zero-order chi connectivity index (χ0) is 17.8. The van der Waals surface area contributed by atoms with Gasteiger partial charge in [-0.3, -0.25) is 0 Å². The van der Waals surface area contributed by atoms with Gasteiger partial charge in [0.25, 0.3) is 0 Å². The minimum absolute atomic E-state index is 0.310. The van der Waals surface area contributed by atoms with E-state index in [2.05, 4.69) is 24.1 Å². The van der Waals surface area contributed by atoms with Gasteiger partial charge in [-0.1, -0.05) is 71.0 Å². The van der Waals surface area contributed by atoms with E-state index < -0.39 is 21.2 Å². The number of carbonyl (C=O) groups is 2. The summed E-state index contributed by atoms with van der Waals surface area (Å²) < 4.78 is 10.4. The second kappa shape index (κ2) is 12.2. The van der Waals surface area contributed by atoms with Crippen LogP contribution in [0.3, 0.4) is 0 Å². The number of unbranched alkanes of at least 4 members (excludes halogenated alkanes) is 1. The van der Waals surface area contributed by atoms with Crippen molar-refractivity contribution in [3.8, 4) is 0 Å². The first kappa shape index (κ1) is 21.8. The van der Waals surface area contributed by atoms with Crippen LogP contribution in [0.25, 0.3) is 0 Å². The second-order valence-corrected chi connectivity index (χ2v) is 10.4. The highest BCUT2D eigenvalue weighted by atomic mass is 28.3. The average molecular weight is 345 g/mol. The van der Waals surface area contributed by atoms with Crippen LogP contribution in [0.4, 0.5) is 9.59 Å². The third-order valence-corrected chi connectivity index (χ3v) is 6.85. The second-order valence-electron chi connectivity index (χ2n) is 6.53. The third-order valence-electron chi connectivity index (χ3n) is 3.75. The monoisotopic (exact) mass is 344 g/mol. The zero-order valence-corrected chi connectivity index (χ0v) is 16.5. The molecule has 0 spiro atoms. The SMILES string of the molecule is CCCCC(CC)COC(=O)N=NC(=O)O[SiH](C(C)C)C(C)C. The van der Waals surface area contributed by atoms with E-state index in [0.717, 1.165) is 25.7 Å². The summed E-state index contributed by atoms with van der Waals surface area (Å²) in [6.45, 7) is 12.6. The molecule has 2 amide bonds. The van der Waals surface area contributed by atoms with E-state index in [1.807, 2.05) is 27.7 Å². The summed E-state index contributed by atoms with van der Waals surface area (Å²) in [7, 11) is -1.71. The van der Waals surface area contributed by atoms with Crippen LogP contribution in [-0.4, -0.2) is 27.8 Å². The van der Waals surface area contributed by atoms with Gasteiger partial charge in [-0.05, 0) is 23.4 Å². The van der Waals surface area contributed by atoms with E-state index >= 15 is 0 Å². The zero-order valence-electron chi connectivity index (χ0n) is 15.4. The largest absolute Gasteiger partial charge is 0.503 e. The van der Waals surface area contributed by atoms with Gasteiger partial charge in [-0.15, -0.1) is 0 Å². The van der Waals surface area contributed by atoms with Crippen LogP contribution in [-0.2, 0) is 9.16 Å². The Hall–Kier alpha value is -1.24. The first-order valence-electron chi connectivity index (χ1n) is 8.60. The molecule has 0 N–H and O–H groups in total. The number of rotatable bonds is 9. The van der Waals surface area contributed by atoms with Crippen LogP contribution >= 0.6 is 0 Å². The van der Waals surface area contributed by atoms with E-state index in [-0.39, 0.29) is 0 Å². The van der Waals surface area contributed by atoms with Gasteiger partial charge in [0.2, 0.25) is 9.04 Å². The van der Waals surface area contributed by atoms with Crippen molar-refractivity contribution in [2.24, 2.45) is 16.1 Å². The molecule has 0 aliphatic rings. The number of ether oxygens (including phenoxy) is 1. The van der Waals surface area contributed by atoms with E-state index in [0.29, 0.717) is 23.6 Å². The highest BCUT2D eigenvalue weighted by Gasteiger charge is 2.25. The van der Waals surface area contributed by atoms with Crippen molar-refractivity contribution in [1.29, 1.82) is 0 Å². The quantitative estimate of drug-likeness (QED) is 0.410. The Kier molecular flexibility index (Phi) is 11.6. The molecule has 134 valence electrons. The standard InChI is InChI=1S/C16H32N2O4Si/c1-7-9-10-14(8-2)11-21-15(19)17-18-16(20)22-23(12(3)4)13(5)6/h12-14,23H,7-11H2,1-6H3. The summed E-state index contributed by atoms with van der Waals surface area (Å²) in [6, 6.07) is 0. The fraction of sp³-hybridized carbons (Fsp3) is 0.875. The smallest absolute Gasteiger partial charge is 0.452 e. The lowest BCUT2D eigenvalue weighted by atomic mass is 10.0. The molecule has 0 saturated carbocycles. The van der Waals surface area contributed by atoms with Crippen LogP contribution in [0.15, 0.2) is 10.2 Å². The minimum Gasteiger partial charge on any atom is -0.503 e. The van der Waals surface area contributed by atoms with Crippen molar-refractivity contribution < 1.29 is 18.8 Å². The number of hydrogen-bond donors (Lipinski definition) is 0. The highest BCUT2D eigenvalue weighted by molar-refractivity contribution is 6.56. The van der Waals surface area contributed by atoms with Crippen LogP contribution in [0.1, 0.15) is 67.2 Å². The van der Waals surface area contributed by atoms with Crippen LogP contribution < -0.4 is 0 Å². The van der Waals surface area contributed by atoms with E-state index in [1.165, 1.54) is 0 Å². The lowest BCUT2D eigenvalue weighted by molar-refractivity contribution is 0.130. The molecule has 1 unspecified atom stereocenters. The van der Waals surface area contributed by atoms with E-state index in [4.69, 9.17) is 9.16 Å². The van der Waals surface area contributed by atoms with Crippen molar-refractivity contribution in [3.63, 3.8) is 0 Å². The molecule has 0 rings (SSSR count). The molecular formula is C16H32N2O4Si. The summed E-state index contributed by atoms with van der Waals surface area (Å²) in [6.07, 6.45) is 2.58. The molecule has 0 radical (unpaired) electrons. The van der Waals surface area contributed by atoms with Gasteiger partial charge in [0.1, 0.15) is 0 Å². The molecule has 23 heavy (non-hydrogen) atoms. The fourth-order valence-corrected chi connectivity index (χ4v) is 4.74. The topological polar surface area (TPSA) is 77.3 Å². The predicted octanol–water partition coefficient (Wildman–Crippen LogP) is 5.47. The van der Waals surface area contributed by atoms with Crippen LogP contribution in [0.2, 0.25) is 11.1 Å². The fourth-order valence-electron chi connectivity index (χ4n) is 2.38. The lowest BCUT2D eigenvalue weighted by Gasteiger charge is -2.21. The van der Waals surface area contributed by atoms with Crippen molar-refractivity contribution in [1.82, 2.24) is 0 Å². The molecule has 0 fully saturated rings. The van der Waals surface area contributed by atoms with Crippen molar-refractivity contribution in [3.05, 3.63) is 0 Å². The number of hydrogen-bond acceptors (Lipinski definition) is 4. The molecular weight excluding hydrogens is 312 g/mol. The summed E-state index contributed by atoms with van der Waals surface area (Å²) >= 11 is 0. The molecule has 1 atom stereocenters. The van der Waals surface area contributed by atoms with Gasteiger partial charge < -0.3 is 9.16 Å². The minimum atomic E-state index is -1.71. The number of nitrogens with zero attached hydrogens (tertiary/aromatic N) is 2. The summed E-state index contributed by atoms with van der Waals surface area (Å²) in [5, 5.41) is 6.61. The molecule has 0 aromatic heterocycles. The molecule has 0 heterocycles. The normalized spacial score (nSPS) is 13.1. The van der Waals surface area contributed by atoms with Crippen molar-refractivity contribution in [2.45, 2.75) is 78.3 Å². The maximum Gasteiger partial charge on any atom is 0.452 e. The highest BCUT2D eigenvalue weighted by Crippen LogP contribution is 2.21. The number of amides is 2. The Morgan fingerprint density at radius 2 is 1.57 bits per heavy atom. The molecule has 0 bridgehead atoms. The van der Waals surface area contributed by atoms with Gasteiger partial charge in [0.15, 0.2) is 0 Å². The van der Waals surface area contributed by atoms with Gasteiger partial charge in [0.05, 0.1) is 6.61 Å². The maximum atomic E-state index is 11.6. The Balaban J connectivity index is 4.27. The first-order valence-corrected chi connectivity index (χ1v) is 10.4. The first-order chi connectivity index (χ1) is 10.8. The molecule has 0 aromatic rings. The Morgan fingerprint density at radius 3 is 2.04 bits per heavy atom.